The van der Waals surface area contributed by atoms with Crippen molar-refractivity contribution in [3.63, 3.8) is 0 Å². The third-order valence-corrected chi connectivity index (χ3v) is 2.87. The number of nitrogens with one attached hydrogen (secondary N) is 2. The van der Waals surface area contributed by atoms with E-state index < -0.39 is 0 Å². The molecule has 1 fully saturated rings. The first-order valence-electron chi connectivity index (χ1n) is 5.90. The molecule has 0 radical (unpaired) electrons. The van der Waals surface area contributed by atoms with E-state index in [9.17, 15) is 4.79 Å². The van der Waals surface area contributed by atoms with Gasteiger partial charge in [-0.2, -0.15) is 5.10 Å². The summed E-state index contributed by atoms with van der Waals surface area (Å²) in [6, 6.07) is 1.49. The number of morpholine rings is 1. The first-order valence-corrected chi connectivity index (χ1v) is 5.90. The number of amides is 1. The summed E-state index contributed by atoms with van der Waals surface area (Å²) < 4.78 is 7.18. The Morgan fingerprint density at radius 3 is 3.17 bits per heavy atom. The predicted molar refractivity (Wildman–Crippen MR) is 71.0 cm³/mol. The molecule has 0 unspecified atom stereocenters. The Kier molecular flexibility index (Phi) is 5.58. The van der Waals surface area contributed by atoms with E-state index in [-0.39, 0.29) is 30.5 Å². The average molecular weight is 275 g/mol. The minimum atomic E-state index is -0.302. The number of anilines is 1. The fourth-order valence-electron chi connectivity index (χ4n) is 1.92. The Morgan fingerprint density at radius 1 is 1.72 bits per heavy atom. The first kappa shape index (κ1) is 14.9. The zero-order chi connectivity index (χ0) is 12.3. The number of ether oxygens (including phenoxy) is 1. The number of carbonyl (C=O) groups is 1. The van der Waals surface area contributed by atoms with Gasteiger partial charge in [0.1, 0.15) is 11.9 Å². The molecule has 0 bridgehead atoms. The Morgan fingerprint density at radius 2 is 2.50 bits per heavy atom. The zero-order valence-electron chi connectivity index (χ0n) is 10.5. The van der Waals surface area contributed by atoms with Crippen molar-refractivity contribution in [1.29, 1.82) is 0 Å². The van der Waals surface area contributed by atoms with Crippen LogP contribution in [0.2, 0.25) is 0 Å². The van der Waals surface area contributed by atoms with Crippen molar-refractivity contribution < 1.29 is 9.53 Å². The Hall–Kier alpha value is -1.11. The predicted octanol–water partition coefficient (Wildman–Crippen LogP) is 0.640. The topological polar surface area (TPSA) is 68.2 Å². The molecule has 18 heavy (non-hydrogen) atoms. The van der Waals surface area contributed by atoms with Crippen LogP contribution < -0.4 is 10.6 Å². The van der Waals surface area contributed by atoms with Crippen LogP contribution in [0.5, 0.6) is 0 Å². The second-order valence-corrected chi connectivity index (χ2v) is 4.03. The van der Waals surface area contributed by atoms with Crippen LogP contribution in [0.15, 0.2) is 12.3 Å². The molecule has 1 aliphatic heterocycles. The number of hydrogen-bond acceptors (Lipinski definition) is 4. The van der Waals surface area contributed by atoms with Gasteiger partial charge in [-0.25, -0.2) is 4.68 Å². The number of aryl methyl sites for hydroxylation is 1. The highest BCUT2D eigenvalue weighted by Gasteiger charge is 2.28. The number of hydrogen-bond donors (Lipinski definition) is 2. The van der Waals surface area contributed by atoms with Gasteiger partial charge in [-0.3, -0.25) is 4.79 Å². The lowest BCUT2D eigenvalue weighted by Gasteiger charge is -2.29. The van der Waals surface area contributed by atoms with Gasteiger partial charge >= 0.3 is 0 Å². The minimum absolute atomic E-state index is 0. The highest BCUT2D eigenvalue weighted by molar-refractivity contribution is 5.94. The van der Waals surface area contributed by atoms with Gasteiger partial charge in [0.05, 0.1) is 18.9 Å². The molecule has 6 nitrogen and oxygen atoms in total. The summed E-state index contributed by atoms with van der Waals surface area (Å²) in [5.74, 6) is 0.643. The molecule has 102 valence electrons. The summed E-state index contributed by atoms with van der Waals surface area (Å²) in [5, 5.41) is 10.1. The lowest BCUT2D eigenvalue weighted by Crippen LogP contribution is -2.53. The fourth-order valence-corrected chi connectivity index (χ4v) is 1.92. The summed E-state index contributed by atoms with van der Waals surface area (Å²) in [6.45, 7) is 5.96. The van der Waals surface area contributed by atoms with Gasteiger partial charge in [-0.1, -0.05) is 0 Å². The number of aromatic nitrogens is 2. The summed E-state index contributed by atoms with van der Waals surface area (Å²) in [6.07, 6.45) is 1.56. The molecule has 1 aromatic heterocycles. The highest BCUT2D eigenvalue weighted by Crippen LogP contribution is 2.10. The minimum Gasteiger partial charge on any atom is -0.375 e. The van der Waals surface area contributed by atoms with Crippen molar-refractivity contribution in [1.82, 2.24) is 15.1 Å². The van der Waals surface area contributed by atoms with Crippen molar-refractivity contribution in [2.45, 2.75) is 32.5 Å². The van der Waals surface area contributed by atoms with Crippen LogP contribution in [0.4, 0.5) is 5.82 Å². The quantitative estimate of drug-likeness (QED) is 0.849. The smallest absolute Gasteiger partial charge is 0.245 e. The maximum absolute atomic E-state index is 12.0. The molecular formula is C11H19ClN4O2. The van der Waals surface area contributed by atoms with E-state index in [1.165, 1.54) is 0 Å². The number of halogens is 1. The summed E-state index contributed by atoms with van der Waals surface area (Å²) in [4.78, 5) is 12.0. The molecule has 0 saturated carbocycles. The molecule has 2 atom stereocenters. The molecule has 0 aliphatic carbocycles. The van der Waals surface area contributed by atoms with Crippen LogP contribution in [0.1, 0.15) is 13.8 Å². The number of carbonyl (C=O) groups excluding carboxylic acids is 1. The standard InChI is InChI=1S/C11H18N4O2.ClH/c1-3-15-9(4-5-13-15)14-11(16)10-8(2)17-7-6-12-10;/h4-5,8,10,12H,3,6-7H2,1-2H3,(H,14,16);1H/t8-,10+;/m1./s1. The van der Waals surface area contributed by atoms with Crippen molar-refractivity contribution in [3.05, 3.63) is 12.3 Å². The largest absolute Gasteiger partial charge is 0.375 e. The van der Waals surface area contributed by atoms with Crippen LogP contribution in [0.3, 0.4) is 0 Å². The van der Waals surface area contributed by atoms with E-state index in [1.807, 2.05) is 13.8 Å². The van der Waals surface area contributed by atoms with E-state index in [0.29, 0.717) is 13.2 Å². The molecule has 7 heteroatoms. The lowest BCUT2D eigenvalue weighted by atomic mass is 10.1. The van der Waals surface area contributed by atoms with Crippen LogP contribution in [0.25, 0.3) is 0 Å². The average Bonchev–Trinajstić information content (AvgIpc) is 2.76. The van der Waals surface area contributed by atoms with Gasteiger partial charge in [-0.05, 0) is 13.8 Å². The van der Waals surface area contributed by atoms with Gasteiger partial charge in [0.2, 0.25) is 5.91 Å². The molecule has 1 aromatic rings. The molecule has 1 saturated heterocycles. The molecule has 0 aromatic carbocycles. The molecule has 2 heterocycles. The van der Waals surface area contributed by atoms with Crippen molar-refractivity contribution in [3.8, 4) is 0 Å². The maximum Gasteiger partial charge on any atom is 0.245 e. The maximum atomic E-state index is 12.0. The SMILES string of the molecule is CCn1nccc1NC(=O)[C@H]1NCCO[C@@H]1C.Cl. The van der Waals surface area contributed by atoms with Crippen molar-refractivity contribution >= 4 is 24.1 Å². The number of nitrogens with zero attached hydrogens (tertiary/aromatic N) is 2. The van der Waals surface area contributed by atoms with Gasteiger partial charge in [-0.15, -0.1) is 12.4 Å². The zero-order valence-corrected chi connectivity index (χ0v) is 11.4. The van der Waals surface area contributed by atoms with E-state index >= 15 is 0 Å². The van der Waals surface area contributed by atoms with E-state index in [1.54, 1.807) is 16.9 Å². The fraction of sp³-hybridized carbons (Fsp3) is 0.636. The van der Waals surface area contributed by atoms with Crippen molar-refractivity contribution in [2.75, 3.05) is 18.5 Å². The molecule has 1 aliphatic rings. The van der Waals surface area contributed by atoms with E-state index in [2.05, 4.69) is 15.7 Å². The second-order valence-electron chi connectivity index (χ2n) is 4.03. The normalized spacial score (nSPS) is 23.2. The molecule has 1 amide bonds. The summed E-state index contributed by atoms with van der Waals surface area (Å²) in [7, 11) is 0. The molecule has 2 N–H and O–H groups in total. The van der Waals surface area contributed by atoms with Gasteiger partial charge in [0.15, 0.2) is 0 Å². The van der Waals surface area contributed by atoms with Crippen LogP contribution in [-0.2, 0) is 16.1 Å². The summed E-state index contributed by atoms with van der Waals surface area (Å²) in [5.41, 5.74) is 0. The third kappa shape index (κ3) is 3.22. The molecule has 2 rings (SSSR count). The van der Waals surface area contributed by atoms with Crippen molar-refractivity contribution in [2.24, 2.45) is 0 Å². The summed E-state index contributed by atoms with van der Waals surface area (Å²) >= 11 is 0. The second kappa shape index (κ2) is 6.72. The number of rotatable bonds is 3. The Balaban J connectivity index is 0.00000162. The Labute approximate surface area is 112 Å². The highest BCUT2D eigenvalue weighted by atomic mass is 35.5. The van der Waals surface area contributed by atoms with Crippen LogP contribution >= 0.6 is 12.4 Å². The Bertz CT molecular complexity index is 396. The van der Waals surface area contributed by atoms with Gasteiger partial charge in [0.25, 0.3) is 0 Å². The lowest BCUT2D eigenvalue weighted by molar-refractivity contribution is -0.123. The van der Waals surface area contributed by atoms with E-state index in [0.717, 1.165) is 12.4 Å². The van der Waals surface area contributed by atoms with Gasteiger partial charge < -0.3 is 15.4 Å². The molecular weight excluding hydrogens is 256 g/mol. The third-order valence-electron chi connectivity index (χ3n) is 2.87. The monoisotopic (exact) mass is 274 g/mol. The first-order chi connectivity index (χ1) is 8.22. The van der Waals surface area contributed by atoms with Crippen LogP contribution in [-0.4, -0.2) is 41.0 Å². The van der Waals surface area contributed by atoms with Gasteiger partial charge in [0, 0.05) is 19.2 Å². The van der Waals surface area contributed by atoms with Crippen LogP contribution in [0, 0.1) is 0 Å². The molecule has 0 spiro atoms. The van der Waals surface area contributed by atoms with E-state index in [4.69, 9.17) is 4.74 Å².